The van der Waals surface area contributed by atoms with Crippen LogP contribution in [0.2, 0.25) is 0 Å². The first-order valence-electron chi connectivity index (χ1n) is 5.29. The molecule has 4 nitrogen and oxygen atoms in total. The number of nitrogens with two attached hydrogens (primary N) is 1. The van der Waals surface area contributed by atoms with Crippen LogP contribution in [0.4, 0.5) is 0 Å². The third-order valence-electron chi connectivity index (χ3n) is 2.42. The van der Waals surface area contributed by atoms with Crippen molar-refractivity contribution in [1.82, 2.24) is 4.90 Å². The molecule has 1 aromatic carbocycles. The molecular formula is C12H15BrN2O2. The zero-order valence-electron chi connectivity index (χ0n) is 9.87. The van der Waals surface area contributed by atoms with E-state index < -0.39 is 5.91 Å². The summed E-state index contributed by atoms with van der Waals surface area (Å²) in [4.78, 5) is 24.3. The van der Waals surface area contributed by atoms with Crippen LogP contribution in [0.5, 0.6) is 0 Å². The lowest BCUT2D eigenvalue weighted by molar-refractivity contribution is -0.118. The van der Waals surface area contributed by atoms with Crippen LogP contribution in [-0.4, -0.2) is 29.8 Å². The van der Waals surface area contributed by atoms with Crippen molar-refractivity contribution in [2.75, 3.05) is 13.1 Å². The number of aryl methyl sites for hydroxylation is 1. The summed E-state index contributed by atoms with van der Waals surface area (Å²) >= 11 is 3.37. The summed E-state index contributed by atoms with van der Waals surface area (Å²) in [6.45, 7) is 4.12. The monoisotopic (exact) mass is 298 g/mol. The minimum absolute atomic E-state index is 0.0511. The number of carbonyl (C=O) groups excluding carboxylic acids is 2. The molecule has 5 heteroatoms. The van der Waals surface area contributed by atoms with E-state index in [-0.39, 0.29) is 12.5 Å². The minimum Gasteiger partial charge on any atom is -0.368 e. The van der Waals surface area contributed by atoms with Gasteiger partial charge in [-0.2, -0.15) is 0 Å². The number of halogens is 1. The Labute approximate surface area is 109 Å². The number of carbonyl (C=O) groups is 2. The van der Waals surface area contributed by atoms with Crippen molar-refractivity contribution in [3.8, 4) is 0 Å². The van der Waals surface area contributed by atoms with Gasteiger partial charge < -0.3 is 10.6 Å². The first kappa shape index (κ1) is 13.7. The summed E-state index contributed by atoms with van der Waals surface area (Å²) in [6.07, 6.45) is 0. The van der Waals surface area contributed by atoms with E-state index >= 15 is 0 Å². The van der Waals surface area contributed by atoms with Crippen molar-refractivity contribution in [2.24, 2.45) is 5.73 Å². The molecule has 0 radical (unpaired) electrons. The molecular weight excluding hydrogens is 284 g/mol. The Morgan fingerprint density at radius 1 is 1.41 bits per heavy atom. The predicted octanol–water partition coefficient (Wildman–Crippen LogP) is 1.70. The topological polar surface area (TPSA) is 63.4 Å². The van der Waals surface area contributed by atoms with Gasteiger partial charge in [-0.1, -0.05) is 15.9 Å². The number of hydrogen-bond acceptors (Lipinski definition) is 2. The van der Waals surface area contributed by atoms with Gasteiger partial charge in [-0.3, -0.25) is 9.59 Å². The normalized spacial score (nSPS) is 10.1. The lowest BCUT2D eigenvalue weighted by Gasteiger charge is -2.19. The molecule has 0 aliphatic rings. The molecule has 0 spiro atoms. The van der Waals surface area contributed by atoms with Crippen LogP contribution in [-0.2, 0) is 4.79 Å². The highest BCUT2D eigenvalue weighted by molar-refractivity contribution is 9.10. The molecule has 0 saturated heterocycles. The van der Waals surface area contributed by atoms with Gasteiger partial charge in [0.25, 0.3) is 5.91 Å². The molecule has 0 fully saturated rings. The number of likely N-dealkylation sites (N-methyl/N-ethyl adjacent to an activating group) is 1. The minimum atomic E-state index is -0.506. The summed E-state index contributed by atoms with van der Waals surface area (Å²) in [7, 11) is 0. The molecule has 1 aromatic rings. The smallest absolute Gasteiger partial charge is 0.254 e. The van der Waals surface area contributed by atoms with Crippen molar-refractivity contribution in [2.45, 2.75) is 13.8 Å². The van der Waals surface area contributed by atoms with Gasteiger partial charge in [0, 0.05) is 16.6 Å². The zero-order valence-corrected chi connectivity index (χ0v) is 11.5. The largest absolute Gasteiger partial charge is 0.368 e. The quantitative estimate of drug-likeness (QED) is 0.920. The van der Waals surface area contributed by atoms with Gasteiger partial charge in [0.1, 0.15) is 0 Å². The van der Waals surface area contributed by atoms with Crippen molar-refractivity contribution in [3.63, 3.8) is 0 Å². The van der Waals surface area contributed by atoms with E-state index in [4.69, 9.17) is 5.73 Å². The Hall–Kier alpha value is -1.36. The van der Waals surface area contributed by atoms with Gasteiger partial charge in [0.15, 0.2) is 0 Å². The number of benzene rings is 1. The van der Waals surface area contributed by atoms with E-state index in [1.54, 1.807) is 12.1 Å². The van der Waals surface area contributed by atoms with Crippen molar-refractivity contribution in [1.29, 1.82) is 0 Å². The van der Waals surface area contributed by atoms with Crippen LogP contribution < -0.4 is 5.73 Å². The molecule has 1 rings (SSSR count). The standard InChI is InChI=1S/C12H15BrN2O2/c1-3-15(7-11(14)16)12(17)9-4-5-10(13)8(2)6-9/h4-6H,3,7H2,1-2H3,(H2,14,16). The molecule has 0 atom stereocenters. The third-order valence-corrected chi connectivity index (χ3v) is 3.31. The van der Waals surface area contributed by atoms with Gasteiger partial charge >= 0.3 is 0 Å². The van der Waals surface area contributed by atoms with Gasteiger partial charge in [-0.15, -0.1) is 0 Å². The number of amides is 2. The first-order valence-corrected chi connectivity index (χ1v) is 6.08. The van der Waals surface area contributed by atoms with Gasteiger partial charge in [0.2, 0.25) is 5.91 Å². The highest BCUT2D eigenvalue weighted by Crippen LogP contribution is 2.18. The van der Waals surface area contributed by atoms with Crippen LogP contribution in [0, 0.1) is 6.92 Å². The maximum Gasteiger partial charge on any atom is 0.254 e. The van der Waals surface area contributed by atoms with E-state index in [0.717, 1.165) is 10.0 Å². The molecule has 0 aliphatic heterocycles. The number of hydrogen-bond donors (Lipinski definition) is 1. The van der Waals surface area contributed by atoms with Crippen LogP contribution in [0.1, 0.15) is 22.8 Å². The number of primary amides is 1. The molecule has 0 heterocycles. The van der Waals surface area contributed by atoms with E-state index in [1.165, 1.54) is 4.90 Å². The Morgan fingerprint density at radius 3 is 2.53 bits per heavy atom. The van der Waals surface area contributed by atoms with Gasteiger partial charge in [0.05, 0.1) is 6.54 Å². The highest BCUT2D eigenvalue weighted by atomic mass is 79.9. The van der Waals surface area contributed by atoms with Crippen LogP contribution in [0.25, 0.3) is 0 Å². The van der Waals surface area contributed by atoms with Crippen LogP contribution in [0.3, 0.4) is 0 Å². The van der Waals surface area contributed by atoms with Crippen molar-refractivity contribution < 1.29 is 9.59 Å². The average Bonchev–Trinajstić information content (AvgIpc) is 2.28. The Bertz CT molecular complexity index is 446. The number of nitrogens with zero attached hydrogens (tertiary/aromatic N) is 1. The zero-order chi connectivity index (χ0) is 13.0. The summed E-state index contributed by atoms with van der Waals surface area (Å²) in [5.74, 6) is -0.684. The molecule has 0 aromatic heterocycles. The average molecular weight is 299 g/mol. The van der Waals surface area contributed by atoms with Crippen LogP contribution >= 0.6 is 15.9 Å². The van der Waals surface area contributed by atoms with Gasteiger partial charge in [-0.25, -0.2) is 0 Å². The lowest BCUT2D eigenvalue weighted by atomic mass is 10.1. The SMILES string of the molecule is CCN(CC(N)=O)C(=O)c1ccc(Br)c(C)c1. The fourth-order valence-electron chi connectivity index (χ4n) is 1.48. The molecule has 2 N–H and O–H groups in total. The number of rotatable bonds is 4. The fourth-order valence-corrected chi connectivity index (χ4v) is 1.72. The van der Waals surface area contributed by atoms with Crippen molar-refractivity contribution in [3.05, 3.63) is 33.8 Å². The summed E-state index contributed by atoms with van der Waals surface area (Å²) in [6, 6.07) is 5.33. The maximum atomic E-state index is 12.1. The summed E-state index contributed by atoms with van der Waals surface area (Å²) in [5.41, 5.74) is 6.64. The van der Waals surface area contributed by atoms with E-state index in [1.807, 2.05) is 19.9 Å². The second-order valence-electron chi connectivity index (χ2n) is 3.75. The van der Waals surface area contributed by atoms with E-state index in [9.17, 15) is 9.59 Å². The van der Waals surface area contributed by atoms with Crippen molar-refractivity contribution >= 4 is 27.7 Å². The molecule has 0 saturated carbocycles. The molecule has 0 aliphatic carbocycles. The molecule has 92 valence electrons. The lowest BCUT2D eigenvalue weighted by Crippen LogP contribution is -2.38. The summed E-state index contributed by atoms with van der Waals surface area (Å²) < 4.78 is 0.951. The molecule has 0 bridgehead atoms. The molecule has 2 amide bonds. The Kier molecular flexibility index (Phi) is 4.69. The third kappa shape index (κ3) is 3.56. The fraction of sp³-hybridized carbons (Fsp3) is 0.333. The van der Waals surface area contributed by atoms with E-state index in [2.05, 4.69) is 15.9 Å². The Morgan fingerprint density at radius 2 is 2.06 bits per heavy atom. The van der Waals surface area contributed by atoms with Crippen LogP contribution in [0.15, 0.2) is 22.7 Å². The first-order chi connectivity index (χ1) is 7.95. The molecule has 0 unspecified atom stereocenters. The maximum absolute atomic E-state index is 12.1. The highest BCUT2D eigenvalue weighted by Gasteiger charge is 2.16. The second-order valence-corrected chi connectivity index (χ2v) is 4.60. The molecule has 17 heavy (non-hydrogen) atoms. The Balaban J connectivity index is 2.93. The summed E-state index contributed by atoms with van der Waals surface area (Å²) in [5, 5.41) is 0. The van der Waals surface area contributed by atoms with E-state index in [0.29, 0.717) is 12.1 Å². The predicted molar refractivity (Wildman–Crippen MR) is 69.7 cm³/mol. The second kappa shape index (κ2) is 5.82. The van der Waals surface area contributed by atoms with Gasteiger partial charge in [-0.05, 0) is 37.6 Å².